The zero-order valence-electron chi connectivity index (χ0n) is 10.1. The summed E-state index contributed by atoms with van der Waals surface area (Å²) in [4.78, 5) is 0. The van der Waals surface area contributed by atoms with Crippen LogP contribution < -0.4 is 0 Å². The highest BCUT2D eigenvalue weighted by Crippen LogP contribution is 2.40. The lowest BCUT2D eigenvalue weighted by Gasteiger charge is -2.34. The molecule has 0 aromatic heterocycles. The highest BCUT2D eigenvalue weighted by molar-refractivity contribution is 4.94. The van der Waals surface area contributed by atoms with Crippen LogP contribution in [0.15, 0.2) is 12.7 Å². The van der Waals surface area contributed by atoms with E-state index in [1.54, 1.807) is 13.0 Å². The molecule has 1 aliphatic heterocycles. The van der Waals surface area contributed by atoms with Crippen LogP contribution in [0.2, 0.25) is 0 Å². The van der Waals surface area contributed by atoms with Gasteiger partial charge in [0, 0.05) is 12.8 Å². The lowest BCUT2D eigenvalue weighted by molar-refractivity contribution is -0.205. The van der Waals surface area contributed by atoms with Crippen LogP contribution >= 0.6 is 0 Å². The van der Waals surface area contributed by atoms with Crippen LogP contribution in [0, 0.1) is 0 Å². The Kier molecular flexibility index (Phi) is 3.38. The Morgan fingerprint density at radius 2 is 2.12 bits per heavy atom. The number of rotatable bonds is 3. The Labute approximate surface area is 97.4 Å². The monoisotopic (exact) mass is 226 g/mol. The van der Waals surface area contributed by atoms with Crippen LogP contribution in [0.25, 0.3) is 0 Å². The smallest absolute Gasteiger partial charge is 0.169 e. The molecule has 16 heavy (non-hydrogen) atoms. The Balaban J connectivity index is 1.98. The zero-order valence-corrected chi connectivity index (χ0v) is 10.1. The highest BCUT2D eigenvalue weighted by atomic mass is 16.7. The van der Waals surface area contributed by atoms with E-state index in [0.717, 1.165) is 25.7 Å². The van der Waals surface area contributed by atoms with Crippen molar-refractivity contribution in [3.05, 3.63) is 12.7 Å². The molecule has 1 saturated heterocycles. The van der Waals surface area contributed by atoms with E-state index in [4.69, 9.17) is 9.47 Å². The molecule has 1 aliphatic carbocycles. The number of ether oxygens (including phenoxy) is 2. The van der Waals surface area contributed by atoms with E-state index in [-0.39, 0.29) is 6.10 Å². The van der Waals surface area contributed by atoms with Gasteiger partial charge in [-0.15, -0.1) is 6.58 Å². The maximum atomic E-state index is 10.3. The fourth-order valence-electron chi connectivity index (χ4n) is 2.64. The Morgan fingerprint density at radius 3 is 2.75 bits per heavy atom. The van der Waals surface area contributed by atoms with Crippen molar-refractivity contribution in [3.63, 3.8) is 0 Å². The van der Waals surface area contributed by atoms with Gasteiger partial charge in [0.1, 0.15) is 6.10 Å². The third kappa shape index (κ3) is 2.31. The van der Waals surface area contributed by atoms with Gasteiger partial charge in [0.25, 0.3) is 0 Å². The van der Waals surface area contributed by atoms with E-state index >= 15 is 0 Å². The van der Waals surface area contributed by atoms with E-state index < -0.39 is 11.4 Å². The minimum atomic E-state index is -0.858. The average Bonchev–Trinajstić information content (AvgIpc) is 2.64. The molecule has 2 atom stereocenters. The summed E-state index contributed by atoms with van der Waals surface area (Å²) in [5.41, 5.74) is -0.858. The van der Waals surface area contributed by atoms with Crippen molar-refractivity contribution in [1.82, 2.24) is 0 Å². The standard InChI is InChI=1S/C13H22O3/c1-3-7-12(2,14)11-10-15-13(16-11)8-5-4-6-9-13/h3,11,14H,1,4-10H2,2H3/t11-,12+/m1/s1. The molecule has 0 bridgehead atoms. The SMILES string of the molecule is C=CC[C@](C)(O)[C@H]1COC2(CCCCC2)O1. The molecular formula is C13H22O3. The summed E-state index contributed by atoms with van der Waals surface area (Å²) in [5.74, 6) is -0.395. The van der Waals surface area contributed by atoms with Gasteiger partial charge < -0.3 is 14.6 Å². The van der Waals surface area contributed by atoms with Crippen molar-refractivity contribution >= 4 is 0 Å². The molecule has 2 rings (SSSR count). The van der Waals surface area contributed by atoms with E-state index in [9.17, 15) is 5.11 Å². The van der Waals surface area contributed by atoms with Crippen LogP contribution in [0.5, 0.6) is 0 Å². The average molecular weight is 226 g/mol. The summed E-state index contributed by atoms with van der Waals surface area (Å²) in [6.45, 7) is 5.96. The lowest BCUT2D eigenvalue weighted by Crippen LogP contribution is -2.42. The molecule has 0 radical (unpaired) electrons. The van der Waals surface area contributed by atoms with Crippen LogP contribution in [0.1, 0.15) is 45.4 Å². The maximum Gasteiger partial charge on any atom is 0.169 e. The minimum Gasteiger partial charge on any atom is -0.387 e. The first-order valence-corrected chi connectivity index (χ1v) is 6.23. The van der Waals surface area contributed by atoms with Gasteiger partial charge in [-0.25, -0.2) is 0 Å². The van der Waals surface area contributed by atoms with Crippen molar-refractivity contribution < 1.29 is 14.6 Å². The molecule has 0 unspecified atom stereocenters. The van der Waals surface area contributed by atoms with Crippen molar-refractivity contribution in [2.45, 2.75) is 62.9 Å². The summed E-state index contributed by atoms with van der Waals surface area (Å²) >= 11 is 0. The van der Waals surface area contributed by atoms with Crippen molar-refractivity contribution in [2.75, 3.05) is 6.61 Å². The van der Waals surface area contributed by atoms with Gasteiger partial charge in [-0.1, -0.05) is 12.5 Å². The van der Waals surface area contributed by atoms with Gasteiger partial charge >= 0.3 is 0 Å². The molecule has 1 saturated carbocycles. The second kappa shape index (κ2) is 4.47. The zero-order chi connectivity index (χ0) is 11.6. The molecule has 0 amide bonds. The fourth-order valence-corrected chi connectivity index (χ4v) is 2.64. The summed E-state index contributed by atoms with van der Waals surface area (Å²) < 4.78 is 11.8. The molecule has 3 heteroatoms. The fraction of sp³-hybridized carbons (Fsp3) is 0.846. The molecule has 1 spiro atoms. The first kappa shape index (κ1) is 12.1. The highest BCUT2D eigenvalue weighted by Gasteiger charge is 2.47. The molecular weight excluding hydrogens is 204 g/mol. The normalized spacial score (nSPS) is 32.5. The van der Waals surface area contributed by atoms with Crippen LogP contribution in [-0.4, -0.2) is 29.2 Å². The molecule has 0 aromatic carbocycles. The minimum absolute atomic E-state index is 0.219. The summed E-state index contributed by atoms with van der Waals surface area (Å²) in [5, 5.41) is 10.3. The van der Waals surface area contributed by atoms with Gasteiger partial charge in [0.15, 0.2) is 5.79 Å². The molecule has 2 fully saturated rings. The third-order valence-corrected chi connectivity index (χ3v) is 3.72. The molecule has 2 aliphatic rings. The van der Waals surface area contributed by atoms with Gasteiger partial charge in [-0.05, 0) is 26.2 Å². The van der Waals surface area contributed by atoms with Crippen molar-refractivity contribution in [2.24, 2.45) is 0 Å². The lowest BCUT2D eigenvalue weighted by atomic mass is 9.93. The molecule has 1 heterocycles. The Bertz CT molecular complexity index is 254. The number of hydrogen-bond donors (Lipinski definition) is 1. The van der Waals surface area contributed by atoms with Gasteiger partial charge in [0.2, 0.25) is 0 Å². The molecule has 0 aromatic rings. The third-order valence-electron chi connectivity index (χ3n) is 3.72. The second-order valence-electron chi connectivity index (χ2n) is 5.24. The summed E-state index contributed by atoms with van der Waals surface area (Å²) in [6, 6.07) is 0. The van der Waals surface area contributed by atoms with Crippen LogP contribution in [0.3, 0.4) is 0 Å². The second-order valence-corrected chi connectivity index (χ2v) is 5.24. The largest absolute Gasteiger partial charge is 0.387 e. The quantitative estimate of drug-likeness (QED) is 0.751. The molecule has 92 valence electrons. The summed E-state index contributed by atoms with van der Waals surface area (Å²) in [6.07, 6.45) is 7.58. The van der Waals surface area contributed by atoms with Crippen molar-refractivity contribution in [1.29, 1.82) is 0 Å². The van der Waals surface area contributed by atoms with E-state index in [0.29, 0.717) is 13.0 Å². The maximum absolute atomic E-state index is 10.3. The van der Waals surface area contributed by atoms with Crippen LogP contribution in [-0.2, 0) is 9.47 Å². The van der Waals surface area contributed by atoms with Gasteiger partial charge in [-0.3, -0.25) is 0 Å². The van der Waals surface area contributed by atoms with E-state index in [2.05, 4.69) is 6.58 Å². The first-order chi connectivity index (χ1) is 7.58. The predicted molar refractivity (Wildman–Crippen MR) is 62.1 cm³/mol. The first-order valence-electron chi connectivity index (χ1n) is 6.23. The Hall–Kier alpha value is -0.380. The van der Waals surface area contributed by atoms with Crippen LogP contribution in [0.4, 0.5) is 0 Å². The molecule has 3 nitrogen and oxygen atoms in total. The van der Waals surface area contributed by atoms with Gasteiger partial charge in [0.05, 0.1) is 12.2 Å². The molecule has 1 N–H and O–H groups in total. The van der Waals surface area contributed by atoms with Gasteiger partial charge in [-0.2, -0.15) is 0 Å². The Morgan fingerprint density at radius 1 is 1.44 bits per heavy atom. The summed E-state index contributed by atoms with van der Waals surface area (Å²) in [7, 11) is 0. The predicted octanol–water partition coefficient (Wildman–Crippen LogP) is 2.39. The topological polar surface area (TPSA) is 38.7 Å². The van der Waals surface area contributed by atoms with E-state index in [1.807, 2.05) is 0 Å². The number of aliphatic hydroxyl groups is 1. The van der Waals surface area contributed by atoms with E-state index in [1.165, 1.54) is 6.42 Å². The number of hydrogen-bond acceptors (Lipinski definition) is 3. The van der Waals surface area contributed by atoms with Crippen molar-refractivity contribution in [3.8, 4) is 0 Å².